The number of aromatic hydroxyl groups is 1. The highest BCUT2D eigenvalue weighted by Gasteiger charge is 2.06. The molecule has 0 spiro atoms. The molecule has 0 fully saturated rings. The molecule has 1 aromatic heterocycles. The summed E-state index contributed by atoms with van der Waals surface area (Å²) in [6.07, 6.45) is 1.44. The van der Waals surface area contributed by atoms with Crippen molar-refractivity contribution in [2.24, 2.45) is 5.10 Å². The van der Waals surface area contributed by atoms with E-state index in [-0.39, 0.29) is 10.8 Å². The van der Waals surface area contributed by atoms with E-state index < -0.39 is 0 Å². The van der Waals surface area contributed by atoms with Gasteiger partial charge in [0, 0.05) is 21.5 Å². The molecular formula is C16H11Cl2N3OS. The fraction of sp³-hybridized carbons (Fsp3) is 0. The Balaban J connectivity index is 1.73. The SMILES string of the molecule is Oc1c(Cl)cc(Cl)cc1C=NNc1nc(-c2ccccc2)cs1. The number of nitrogens with zero attached hydrogens (tertiary/aromatic N) is 2. The minimum atomic E-state index is -0.0641. The summed E-state index contributed by atoms with van der Waals surface area (Å²) in [6.45, 7) is 0. The van der Waals surface area contributed by atoms with Crippen molar-refractivity contribution in [1.82, 2.24) is 4.98 Å². The lowest BCUT2D eigenvalue weighted by Gasteiger charge is -2.02. The zero-order valence-electron chi connectivity index (χ0n) is 11.7. The van der Waals surface area contributed by atoms with E-state index in [1.54, 1.807) is 6.07 Å². The lowest BCUT2D eigenvalue weighted by Crippen LogP contribution is -1.91. The molecule has 0 saturated carbocycles. The van der Waals surface area contributed by atoms with Gasteiger partial charge in [0.2, 0.25) is 5.13 Å². The van der Waals surface area contributed by atoms with E-state index in [4.69, 9.17) is 23.2 Å². The largest absolute Gasteiger partial charge is 0.506 e. The number of thiazole rings is 1. The maximum Gasteiger partial charge on any atom is 0.203 e. The van der Waals surface area contributed by atoms with Crippen LogP contribution in [-0.2, 0) is 0 Å². The highest BCUT2D eigenvalue weighted by Crippen LogP contribution is 2.30. The molecule has 23 heavy (non-hydrogen) atoms. The number of nitrogens with one attached hydrogen (secondary N) is 1. The summed E-state index contributed by atoms with van der Waals surface area (Å²) in [6, 6.07) is 12.9. The first-order valence-electron chi connectivity index (χ1n) is 6.61. The number of aromatic nitrogens is 1. The predicted molar refractivity (Wildman–Crippen MR) is 96.9 cm³/mol. The molecule has 2 N–H and O–H groups in total. The van der Waals surface area contributed by atoms with E-state index in [0.717, 1.165) is 11.3 Å². The maximum atomic E-state index is 9.85. The van der Waals surface area contributed by atoms with Gasteiger partial charge in [0.1, 0.15) is 5.75 Å². The van der Waals surface area contributed by atoms with Gasteiger partial charge in [-0.2, -0.15) is 5.10 Å². The van der Waals surface area contributed by atoms with Crippen molar-refractivity contribution in [3.8, 4) is 17.0 Å². The number of hydrogen-bond acceptors (Lipinski definition) is 5. The van der Waals surface area contributed by atoms with Gasteiger partial charge >= 0.3 is 0 Å². The molecule has 0 saturated heterocycles. The van der Waals surface area contributed by atoms with Gasteiger partial charge in [-0.05, 0) is 12.1 Å². The van der Waals surface area contributed by atoms with Crippen LogP contribution in [0.3, 0.4) is 0 Å². The highest BCUT2D eigenvalue weighted by atomic mass is 35.5. The second-order valence-electron chi connectivity index (χ2n) is 4.60. The summed E-state index contributed by atoms with van der Waals surface area (Å²) in [5, 5.41) is 17.1. The molecule has 0 amide bonds. The number of phenolic OH excluding ortho intramolecular Hbond substituents is 1. The van der Waals surface area contributed by atoms with Crippen molar-refractivity contribution >= 4 is 45.9 Å². The van der Waals surface area contributed by atoms with Crippen molar-refractivity contribution in [2.75, 3.05) is 5.43 Å². The van der Waals surface area contributed by atoms with Crippen molar-refractivity contribution in [3.63, 3.8) is 0 Å². The minimum Gasteiger partial charge on any atom is -0.506 e. The van der Waals surface area contributed by atoms with E-state index in [0.29, 0.717) is 15.7 Å². The van der Waals surface area contributed by atoms with Crippen LogP contribution in [0.5, 0.6) is 5.75 Å². The highest BCUT2D eigenvalue weighted by molar-refractivity contribution is 7.14. The molecule has 0 unspecified atom stereocenters. The molecule has 0 aliphatic rings. The second-order valence-corrected chi connectivity index (χ2v) is 6.30. The summed E-state index contributed by atoms with van der Waals surface area (Å²) >= 11 is 13.2. The van der Waals surface area contributed by atoms with Crippen LogP contribution in [0.4, 0.5) is 5.13 Å². The normalized spacial score (nSPS) is 11.0. The summed E-state index contributed by atoms with van der Waals surface area (Å²) in [4.78, 5) is 4.45. The van der Waals surface area contributed by atoms with Gasteiger partial charge in [0.25, 0.3) is 0 Å². The first kappa shape index (κ1) is 15.8. The van der Waals surface area contributed by atoms with Crippen molar-refractivity contribution in [3.05, 3.63) is 63.5 Å². The first-order valence-corrected chi connectivity index (χ1v) is 8.25. The summed E-state index contributed by atoms with van der Waals surface area (Å²) in [5.74, 6) is -0.0641. The summed E-state index contributed by atoms with van der Waals surface area (Å²) < 4.78 is 0. The minimum absolute atomic E-state index is 0.0641. The number of hydrogen-bond donors (Lipinski definition) is 2. The quantitative estimate of drug-likeness (QED) is 0.490. The Morgan fingerprint density at radius 2 is 1.96 bits per heavy atom. The van der Waals surface area contributed by atoms with E-state index >= 15 is 0 Å². The number of anilines is 1. The number of hydrazone groups is 1. The average molecular weight is 364 g/mol. The molecule has 3 aromatic rings. The zero-order valence-corrected chi connectivity index (χ0v) is 14.0. The van der Waals surface area contributed by atoms with Crippen LogP contribution in [0.1, 0.15) is 5.56 Å². The fourth-order valence-electron chi connectivity index (χ4n) is 1.91. The number of halogens is 2. The monoisotopic (exact) mass is 363 g/mol. The molecule has 116 valence electrons. The smallest absolute Gasteiger partial charge is 0.203 e. The van der Waals surface area contributed by atoms with Crippen LogP contribution in [-0.4, -0.2) is 16.3 Å². The van der Waals surface area contributed by atoms with Gasteiger partial charge < -0.3 is 5.11 Å². The number of benzene rings is 2. The van der Waals surface area contributed by atoms with Gasteiger partial charge in [-0.15, -0.1) is 11.3 Å². The molecule has 0 aliphatic heterocycles. The molecular weight excluding hydrogens is 353 g/mol. The molecule has 3 rings (SSSR count). The van der Waals surface area contributed by atoms with Crippen molar-refractivity contribution in [2.45, 2.75) is 0 Å². The predicted octanol–water partition coefficient (Wildman–Crippen LogP) is 5.27. The number of phenols is 1. The van der Waals surface area contributed by atoms with Gasteiger partial charge in [-0.3, -0.25) is 5.43 Å². The summed E-state index contributed by atoms with van der Waals surface area (Å²) in [7, 11) is 0. The van der Waals surface area contributed by atoms with Gasteiger partial charge in [-0.1, -0.05) is 53.5 Å². The van der Waals surface area contributed by atoms with E-state index in [9.17, 15) is 5.11 Å². The van der Waals surface area contributed by atoms with Crippen molar-refractivity contribution < 1.29 is 5.11 Å². The third kappa shape index (κ3) is 3.82. The lowest BCUT2D eigenvalue weighted by atomic mass is 10.2. The molecule has 0 atom stereocenters. The molecule has 0 bridgehead atoms. The number of rotatable bonds is 4. The van der Waals surface area contributed by atoms with E-state index in [1.807, 2.05) is 35.7 Å². The first-order chi connectivity index (χ1) is 11.1. The van der Waals surface area contributed by atoms with Crippen LogP contribution < -0.4 is 5.43 Å². The van der Waals surface area contributed by atoms with Crippen LogP contribution in [0.25, 0.3) is 11.3 Å². The standard InChI is InChI=1S/C16H11Cl2N3OS/c17-12-6-11(15(22)13(18)7-12)8-19-21-16-20-14(9-23-16)10-4-2-1-3-5-10/h1-9,22H,(H,20,21). The summed E-state index contributed by atoms with van der Waals surface area (Å²) in [5.41, 5.74) is 5.17. The third-order valence-electron chi connectivity index (χ3n) is 3.00. The van der Waals surface area contributed by atoms with E-state index in [1.165, 1.54) is 23.6 Å². The Morgan fingerprint density at radius 1 is 1.17 bits per heavy atom. The Kier molecular flexibility index (Phi) is 4.81. The van der Waals surface area contributed by atoms with Gasteiger partial charge in [0.15, 0.2) is 0 Å². The second kappa shape index (κ2) is 7.00. The van der Waals surface area contributed by atoms with Crippen LogP contribution in [0.2, 0.25) is 10.0 Å². The van der Waals surface area contributed by atoms with E-state index in [2.05, 4.69) is 15.5 Å². The molecule has 2 aromatic carbocycles. The lowest BCUT2D eigenvalue weighted by molar-refractivity contribution is 0.475. The molecule has 7 heteroatoms. The Labute approximate surface area is 147 Å². The van der Waals surface area contributed by atoms with Gasteiger partial charge in [0.05, 0.1) is 16.9 Å². The van der Waals surface area contributed by atoms with Gasteiger partial charge in [-0.25, -0.2) is 4.98 Å². The molecule has 0 aliphatic carbocycles. The third-order valence-corrected chi connectivity index (χ3v) is 4.25. The van der Waals surface area contributed by atoms with Crippen molar-refractivity contribution in [1.29, 1.82) is 0 Å². The van der Waals surface area contributed by atoms with Crippen LogP contribution in [0, 0.1) is 0 Å². The maximum absolute atomic E-state index is 9.85. The average Bonchev–Trinajstić information content (AvgIpc) is 3.02. The Hall–Kier alpha value is -2.08. The topological polar surface area (TPSA) is 57.5 Å². The Bertz CT molecular complexity index is 850. The molecule has 4 nitrogen and oxygen atoms in total. The Morgan fingerprint density at radius 3 is 2.74 bits per heavy atom. The van der Waals surface area contributed by atoms with Crippen LogP contribution >= 0.6 is 34.5 Å². The molecule has 0 radical (unpaired) electrons. The molecule has 1 heterocycles. The van der Waals surface area contributed by atoms with Crippen LogP contribution in [0.15, 0.2) is 52.9 Å². The zero-order chi connectivity index (χ0) is 16.2. The fourth-order valence-corrected chi connectivity index (χ4v) is 3.09.